The molecule has 0 aliphatic heterocycles. The van der Waals surface area contributed by atoms with Gasteiger partial charge in [-0.15, -0.1) is 0 Å². The monoisotopic (exact) mass is 328 g/mol. The van der Waals surface area contributed by atoms with Crippen molar-refractivity contribution in [2.24, 2.45) is 0 Å². The summed E-state index contributed by atoms with van der Waals surface area (Å²) in [6, 6.07) is 16.2. The Morgan fingerprint density at radius 3 is 2.41 bits per heavy atom. The fraction of sp³-hybridized carbons (Fsp3) is 0.167. The van der Waals surface area contributed by atoms with Crippen molar-refractivity contribution in [3.8, 4) is 16.9 Å². The van der Waals surface area contributed by atoms with Crippen LogP contribution in [0, 0.1) is 4.77 Å². The SMILES string of the molecule is CC(C)c1ccccc1-n1c(-c2ccc(Cl)cc2)c[nH]c1=S. The number of benzene rings is 2. The molecule has 0 aliphatic carbocycles. The summed E-state index contributed by atoms with van der Waals surface area (Å²) in [5.41, 5.74) is 4.51. The second-order valence-electron chi connectivity index (χ2n) is 5.53. The first-order valence-electron chi connectivity index (χ1n) is 7.23. The molecule has 0 fully saturated rings. The number of nitrogens with zero attached hydrogens (tertiary/aromatic N) is 1. The summed E-state index contributed by atoms with van der Waals surface area (Å²) in [6.07, 6.45) is 1.95. The maximum absolute atomic E-state index is 5.99. The van der Waals surface area contributed by atoms with E-state index >= 15 is 0 Å². The molecule has 0 saturated heterocycles. The highest BCUT2D eigenvalue weighted by molar-refractivity contribution is 7.71. The second kappa shape index (κ2) is 6.11. The lowest BCUT2D eigenvalue weighted by Gasteiger charge is -2.16. The topological polar surface area (TPSA) is 20.7 Å². The fourth-order valence-corrected chi connectivity index (χ4v) is 3.00. The molecule has 1 N–H and O–H groups in total. The third kappa shape index (κ3) is 2.74. The Bertz CT molecular complexity index is 844. The van der Waals surface area contributed by atoms with Crippen LogP contribution in [0.15, 0.2) is 54.7 Å². The molecule has 1 heterocycles. The van der Waals surface area contributed by atoms with Crippen molar-refractivity contribution in [1.29, 1.82) is 0 Å². The number of hydrogen-bond acceptors (Lipinski definition) is 1. The van der Waals surface area contributed by atoms with E-state index in [-0.39, 0.29) is 0 Å². The first-order chi connectivity index (χ1) is 10.6. The Morgan fingerprint density at radius 1 is 1.05 bits per heavy atom. The molecule has 2 aromatic carbocycles. The van der Waals surface area contributed by atoms with Gasteiger partial charge in [0, 0.05) is 16.8 Å². The standard InChI is InChI=1S/C18H17ClN2S/c1-12(2)15-5-3-4-6-16(15)21-17(11-20-18(21)22)13-7-9-14(19)10-8-13/h3-12H,1-2H3,(H,20,22). The van der Waals surface area contributed by atoms with Crippen LogP contribution in [0.3, 0.4) is 0 Å². The lowest BCUT2D eigenvalue weighted by atomic mass is 10.0. The van der Waals surface area contributed by atoms with Crippen molar-refractivity contribution in [2.75, 3.05) is 0 Å². The van der Waals surface area contributed by atoms with Crippen LogP contribution >= 0.6 is 23.8 Å². The van der Waals surface area contributed by atoms with Gasteiger partial charge in [-0.25, -0.2) is 0 Å². The van der Waals surface area contributed by atoms with Gasteiger partial charge in [-0.2, -0.15) is 0 Å². The lowest BCUT2D eigenvalue weighted by molar-refractivity contribution is 0.845. The molecule has 3 aromatic rings. The molecule has 0 spiro atoms. The van der Waals surface area contributed by atoms with Crippen LogP contribution in [0.5, 0.6) is 0 Å². The first kappa shape index (κ1) is 15.1. The summed E-state index contributed by atoms with van der Waals surface area (Å²) < 4.78 is 2.78. The third-order valence-electron chi connectivity index (χ3n) is 3.72. The Kier molecular flexibility index (Phi) is 4.19. The number of imidazole rings is 1. The number of H-pyrrole nitrogens is 1. The molecule has 0 aliphatic rings. The largest absolute Gasteiger partial charge is 0.336 e. The average molecular weight is 329 g/mol. The Hall–Kier alpha value is -1.84. The maximum atomic E-state index is 5.99. The molecule has 0 bridgehead atoms. The average Bonchev–Trinajstić information content (AvgIpc) is 2.89. The minimum absolute atomic E-state index is 0.422. The lowest BCUT2D eigenvalue weighted by Crippen LogP contribution is -2.02. The Balaban J connectivity index is 2.23. The third-order valence-corrected chi connectivity index (χ3v) is 4.27. The van der Waals surface area contributed by atoms with E-state index in [4.69, 9.17) is 23.8 Å². The predicted molar refractivity (Wildman–Crippen MR) is 95.5 cm³/mol. The van der Waals surface area contributed by atoms with Crippen LogP contribution in [0.1, 0.15) is 25.3 Å². The van der Waals surface area contributed by atoms with Gasteiger partial charge < -0.3 is 4.98 Å². The molecule has 2 nitrogen and oxygen atoms in total. The highest BCUT2D eigenvalue weighted by Gasteiger charge is 2.13. The number of para-hydroxylation sites is 1. The van der Waals surface area contributed by atoms with Gasteiger partial charge in [0.2, 0.25) is 0 Å². The molecule has 4 heteroatoms. The number of halogens is 1. The van der Waals surface area contributed by atoms with Crippen LogP contribution in [-0.2, 0) is 0 Å². The minimum atomic E-state index is 0.422. The minimum Gasteiger partial charge on any atom is -0.336 e. The van der Waals surface area contributed by atoms with Crippen LogP contribution in [-0.4, -0.2) is 9.55 Å². The molecule has 0 saturated carbocycles. The van der Waals surface area contributed by atoms with Crippen LogP contribution in [0.25, 0.3) is 16.9 Å². The zero-order valence-corrected chi connectivity index (χ0v) is 14.1. The van der Waals surface area contributed by atoms with Gasteiger partial charge in [0.1, 0.15) is 0 Å². The summed E-state index contributed by atoms with van der Waals surface area (Å²) in [6.45, 7) is 4.38. The molecule has 0 radical (unpaired) electrons. The molecular weight excluding hydrogens is 312 g/mol. The van der Waals surface area contributed by atoms with Crippen molar-refractivity contribution < 1.29 is 0 Å². The number of nitrogens with one attached hydrogen (secondary N) is 1. The van der Waals surface area contributed by atoms with E-state index in [0.717, 1.165) is 22.0 Å². The van der Waals surface area contributed by atoms with Crippen molar-refractivity contribution in [3.63, 3.8) is 0 Å². The van der Waals surface area contributed by atoms with Crippen LogP contribution in [0.2, 0.25) is 5.02 Å². The molecule has 112 valence electrons. The quantitative estimate of drug-likeness (QED) is 0.586. The van der Waals surface area contributed by atoms with Crippen LogP contribution < -0.4 is 0 Å². The van der Waals surface area contributed by atoms with E-state index in [9.17, 15) is 0 Å². The number of aromatic nitrogens is 2. The predicted octanol–water partition coefficient (Wildman–Crippen LogP) is 5.98. The van der Waals surface area contributed by atoms with E-state index in [1.165, 1.54) is 5.56 Å². The highest BCUT2D eigenvalue weighted by atomic mass is 35.5. The molecule has 1 aromatic heterocycles. The van der Waals surface area contributed by atoms with Gasteiger partial charge in [0.25, 0.3) is 0 Å². The van der Waals surface area contributed by atoms with Crippen molar-refractivity contribution in [3.05, 3.63) is 70.1 Å². The molecule has 3 rings (SSSR count). The summed E-state index contributed by atoms with van der Waals surface area (Å²) in [5, 5.41) is 0.729. The number of hydrogen-bond donors (Lipinski definition) is 1. The molecular formula is C18H17ClN2S. The zero-order chi connectivity index (χ0) is 15.7. The van der Waals surface area contributed by atoms with Crippen molar-refractivity contribution in [2.45, 2.75) is 19.8 Å². The van der Waals surface area contributed by atoms with Crippen molar-refractivity contribution in [1.82, 2.24) is 9.55 Å². The number of aromatic amines is 1. The molecule has 22 heavy (non-hydrogen) atoms. The molecule has 0 unspecified atom stereocenters. The van der Waals surface area contributed by atoms with Gasteiger partial charge in [0.05, 0.1) is 11.4 Å². The first-order valence-corrected chi connectivity index (χ1v) is 8.02. The van der Waals surface area contributed by atoms with Gasteiger partial charge in [-0.05, 0) is 41.9 Å². The summed E-state index contributed by atoms with van der Waals surface area (Å²) in [5.74, 6) is 0.422. The highest BCUT2D eigenvalue weighted by Crippen LogP contribution is 2.29. The molecule has 0 amide bonds. The van der Waals surface area contributed by atoms with Gasteiger partial charge >= 0.3 is 0 Å². The summed E-state index contributed by atoms with van der Waals surface area (Å²) >= 11 is 11.5. The van der Waals surface area contributed by atoms with E-state index in [2.05, 4.69) is 41.6 Å². The van der Waals surface area contributed by atoms with Gasteiger partial charge in [-0.1, -0.05) is 55.8 Å². The molecule has 0 atom stereocenters. The van der Waals surface area contributed by atoms with E-state index in [0.29, 0.717) is 10.7 Å². The summed E-state index contributed by atoms with van der Waals surface area (Å²) in [7, 11) is 0. The summed E-state index contributed by atoms with van der Waals surface area (Å²) in [4.78, 5) is 3.16. The fourth-order valence-electron chi connectivity index (χ4n) is 2.62. The van der Waals surface area contributed by atoms with E-state index < -0.39 is 0 Å². The van der Waals surface area contributed by atoms with Gasteiger partial charge in [-0.3, -0.25) is 4.57 Å². The second-order valence-corrected chi connectivity index (χ2v) is 6.36. The zero-order valence-electron chi connectivity index (χ0n) is 12.5. The smallest absolute Gasteiger partial charge is 0.182 e. The Morgan fingerprint density at radius 2 is 1.73 bits per heavy atom. The number of rotatable bonds is 3. The van der Waals surface area contributed by atoms with E-state index in [1.54, 1.807) is 0 Å². The maximum Gasteiger partial charge on any atom is 0.182 e. The van der Waals surface area contributed by atoms with Crippen LogP contribution in [0.4, 0.5) is 0 Å². The Labute approximate surface area is 140 Å². The van der Waals surface area contributed by atoms with Gasteiger partial charge in [0.15, 0.2) is 4.77 Å². The van der Waals surface area contributed by atoms with E-state index in [1.807, 2.05) is 36.5 Å². The normalized spacial score (nSPS) is 11.1. The van der Waals surface area contributed by atoms with Crippen molar-refractivity contribution >= 4 is 23.8 Å².